The first-order valence-corrected chi connectivity index (χ1v) is 8.53. The van der Waals surface area contributed by atoms with Gasteiger partial charge in [-0.3, -0.25) is 14.4 Å². The van der Waals surface area contributed by atoms with Crippen LogP contribution in [0.3, 0.4) is 0 Å². The van der Waals surface area contributed by atoms with Crippen molar-refractivity contribution in [1.82, 2.24) is 10.4 Å². The highest BCUT2D eigenvalue weighted by molar-refractivity contribution is 9.10. The van der Waals surface area contributed by atoms with Gasteiger partial charge in [-0.25, -0.2) is 5.06 Å². The Labute approximate surface area is 148 Å². The standard InChI is InChI=1S/C16H17BrN4O3/c17-13-2-3-14(11(6-13)7-18)20-9-12(10-20)16(23)19-8-15(22)21-4-1-5-24-21/h2-3,6,12H,1,4-5,8-10H2,(H,19,23). The van der Waals surface area contributed by atoms with Crippen LogP contribution in [-0.2, 0) is 14.4 Å². The average molecular weight is 393 g/mol. The van der Waals surface area contributed by atoms with Crippen LogP contribution in [0.4, 0.5) is 5.69 Å². The molecule has 1 N–H and O–H groups in total. The van der Waals surface area contributed by atoms with E-state index in [4.69, 9.17) is 4.84 Å². The number of amides is 2. The average Bonchev–Trinajstić information content (AvgIpc) is 3.07. The quantitative estimate of drug-likeness (QED) is 0.826. The van der Waals surface area contributed by atoms with Gasteiger partial charge in [-0.15, -0.1) is 0 Å². The number of anilines is 1. The van der Waals surface area contributed by atoms with Crippen LogP contribution in [0, 0.1) is 17.2 Å². The molecule has 0 spiro atoms. The highest BCUT2D eigenvalue weighted by Crippen LogP contribution is 2.29. The highest BCUT2D eigenvalue weighted by atomic mass is 79.9. The molecule has 2 fully saturated rings. The number of hydroxylamine groups is 2. The lowest BCUT2D eigenvalue weighted by Gasteiger charge is -2.40. The Bertz CT molecular complexity index is 691. The fourth-order valence-electron chi connectivity index (χ4n) is 2.75. The fourth-order valence-corrected chi connectivity index (χ4v) is 3.12. The van der Waals surface area contributed by atoms with Gasteiger partial charge in [0.2, 0.25) is 5.91 Å². The second-order valence-electron chi connectivity index (χ2n) is 5.78. The van der Waals surface area contributed by atoms with Crippen molar-refractivity contribution in [3.63, 3.8) is 0 Å². The Morgan fingerprint density at radius 2 is 2.21 bits per heavy atom. The van der Waals surface area contributed by atoms with Gasteiger partial charge in [0.05, 0.1) is 36.9 Å². The van der Waals surface area contributed by atoms with Crippen LogP contribution in [-0.4, -0.2) is 49.7 Å². The van der Waals surface area contributed by atoms with Crippen molar-refractivity contribution >= 4 is 33.4 Å². The second-order valence-corrected chi connectivity index (χ2v) is 6.69. The maximum atomic E-state index is 12.1. The lowest BCUT2D eigenvalue weighted by atomic mass is 9.97. The molecule has 0 bridgehead atoms. The Morgan fingerprint density at radius 1 is 1.42 bits per heavy atom. The molecule has 0 aliphatic carbocycles. The van der Waals surface area contributed by atoms with Crippen LogP contribution in [0.1, 0.15) is 12.0 Å². The third-order valence-corrected chi connectivity index (χ3v) is 4.61. The molecule has 2 aliphatic heterocycles. The van der Waals surface area contributed by atoms with Gasteiger partial charge >= 0.3 is 0 Å². The van der Waals surface area contributed by atoms with Crippen molar-refractivity contribution in [2.24, 2.45) is 5.92 Å². The first-order valence-electron chi connectivity index (χ1n) is 7.74. The Hall–Kier alpha value is -2.11. The van der Waals surface area contributed by atoms with E-state index >= 15 is 0 Å². The Morgan fingerprint density at radius 3 is 2.88 bits per heavy atom. The predicted octanol–water partition coefficient (Wildman–Crippen LogP) is 1.04. The third kappa shape index (κ3) is 3.52. The van der Waals surface area contributed by atoms with E-state index in [2.05, 4.69) is 27.3 Å². The Balaban J connectivity index is 1.48. The lowest BCUT2D eigenvalue weighted by molar-refractivity contribution is -0.168. The maximum absolute atomic E-state index is 12.1. The molecule has 0 atom stereocenters. The second kappa shape index (κ2) is 7.20. The number of benzene rings is 1. The molecule has 2 amide bonds. The molecule has 1 aromatic rings. The van der Waals surface area contributed by atoms with E-state index in [1.165, 1.54) is 5.06 Å². The number of carbonyl (C=O) groups is 2. The molecule has 8 heteroatoms. The van der Waals surface area contributed by atoms with E-state index < -0.39 is 0 Å². The van der Waals surface area contributed by atoms with E-state index in [0.717, 1.165) is 16.6 Å². The minimum Gasteiger partial charge on any atom is -0.369 e. The summed E-state index contributed by atoms with van der Waals surface area (Å²) in [6.45, 7) is 2.16. The molecule has 0 unspecified atom stereocenters. The molecule has 0 saturated carbocycles. The van der Waals surface area contributed by atoms with Crippen LogP contribution in [0.25, 0.3) is 0 Å². The van der Waals surface area contributed by atoms with Crippen molar-refractivity contribution in [2.75, 3.05) is 37.7 Å². The lowest BCUT2D eigenvalue weighted by Crippen LogP contribution is -2.55. The normalized spacial score (nSPS) is 17.3. The van der Waals surface area contributed by atoms with Gasteiger partial charge in [0.25, 0.3) is 5.91 Å². The summed E-state index contributed by atoms with van der Waals surface area (Å²) in [4.78, 5) is 31.1. The number of carbonyl (C=O) groups excluding carboxylic acids is 2. The maximum Gasteiger partial charge on any atom is 0.265 e. The number of nitrogens with zero attached hydrogens (tertiary/aromatic N) is 3. The van der Waals surface area contributed by atoms with E-state index in [0.29, 0.717) is 31.8 Å². The summed E-state index contributed by atoms with van der Waals surface area (Å²) in [7, 11) is 0. The fraction of sp³-hybridized carbons (Fsp3) is 0.438. The molecule has 2 aliphatic rings. The summed E-state index contributed by atoms with van der Waals surface area (Å²) >= 11 is 3.34. The summed E-state index contributed by atoms with van der Waals surface area (Å²) in [5.41, 5.74) is 1.40. The molecular formula is C16H17BrN4O3. The highest BCUT2D eigenvalue weighted by Gasteiger charge is 2.34. The van der Waals surface area contributed by atoms with E-state index in [1.54, 1.807) is 6.07 Å². The molecule has 1 aromatic carbocycles. The van der Waals surface area contributed by atoms with Gasteiger partial charge in [0, 0.05) is 17.6 Å². The van der Waals surface area contributed by atoms with Crippen molar-refractivity contribution in [2.45, 2.75) is 6.42 Å². The smallest absolute Gasteiger partial charge is 0.265 e. The zero-order chi connectivity index (χ0) is 17.1. The molecule has 0 radical (unpaired) electrons. The van der Waals surface area contributed by atoms with Crippen LogP contribution in [0.2, 0.25) is 0 Å². The molecule has 126 valence electrons. The van der Waals surface area contributed by atoms with Crippen LogP contribution in [0.5, 0.6) is 0 Å². The summed E-state index contributed by atoms with van der Waals surface area (Å²) in [6, 6.07) is 7.67. The van der Waals surface area contributed by atoms with Gasteiger partial charge in [-0.2, -0.15) is 5.26 Å². The van der Waals surface area contributed by atoms with Gasteiger partial charge in [0.15, 0.2) is 0 Å². The predicted molar refractivity (Wildman–Crippen MR) is 89.9 cm³/mol. The van der Waals surface area contributed by atoms with Crippen molar-refractivity contribution in [3.05, 3.63) is 28.2 Å². The number of hydrogen-bond acceptors (Lipinski definition) is 5. The van der Waals surface area contributed by atoms with Crippen molar-refractivity contribution in [3.8, 4) is 6.07 Å². The SMILES string of the molecule is N#Cc1cc(Br)ccc1N1CC(C(=O)NCC(=O)N2CCCO2)C1. The topological polar surface area (TPSA) is 85.7 Å². The molecule has 24 heavy (non-hydrogen) atoms. The number of nitrogens with one attached hydrogen (secondary N) is 1. The van der Waals surface area contributed by atoms with E-state index in [-0.39, 0.29) is 24.3 Å². The largest absolute Gasteiger partial charge is 0.369 e. The van der Waals surface area contributed by atoms with Crippen molar-refractivity contribution < 1.29 is 14.4 Å². The van der Waals surface area contributed by atoms with E-state index in [9.17, 15) is 14.9 Å². The molecule has 7 nitrogen and oxygen atoms in total. The number of hydrogen-bond donors (Lipinski definition) is 1. The molecule has 3 rings (SSSR count). The number of halogens is 1. The third-order valence-electron chi connectivity index (χ3n) is 4.12. The number of nitriles is 1. The van der Waals surface area contributed by atoms with Crippen LogP contribution < -0.4 is 10.2 Å². The number of rotatable bonds is 4. The summed E-state index contributed by atoms with van der Waals surface area (Å²) in [5, 5.41) is 13.2. The van der Waals surface area contributed by atoms with Gasteiger partial charge in [-0.1, -0.05) is 15.9 Å². The summed E-state index contributed by atoms with van der Waals surface area (Å²) in [5.74, 6) is -0.543. The summed E-state index contributed by atoms with van der Waals surface area (Å²) in [6.07, 6.45) is 0.825. The molecular weight excluding hydrogens is 376 g/mol. The first-order chi connectivity index (χ1) is 11.6. The van der Waals surface area contributed by atoms with E-state index in [1.807, 2.05) is 17.0 Å². The molecule has 2 saturated heterocycles. The van der Waals surface area contributed by atoms with Gasteiger partial charge in [0.1, 0.15) is 6.07 Å². The van der Waals surface area contributed by atoms with Crippen molar-refractivity contribution in [1.29, 1.82) is 5.26 Å². The minimum atomic E-state index is -0.225. The van der Waals surface area contributed by atoms with Crippen LogP contribution >= 0.6 is 15.9 Å². The van der Waals surface area contributed by atoms with Gasteiger partial charge in [-0.05, 0) is 24.6 Å². The Kier molecular flexibility index (Phi) is 5.02. The monoisotopic (exact) mass is 392 g/mol. The minimum absolute atomic E-state index is 0.0446. The zero-order valence-electron chi connectivity index (χ0n) is 13.0. The molecule has 2 heterocycles. The van der Waals surface area contributed by atoms with Gasteiger partial charge < -0.3 is 10.2 Å². The summed E-state index contributed by atoms with van der Waals surface area (Å²) < 4.78 is 0.847. The molecule has 0 aromatic heterocycles. The van der Waals surface area contributed by atoms with Crippen LogP contribution in [0.15, 0.2) is 22.7 Å². The zero-order valence-corrected chi connectivity index (χ0v) is 14.6. The first kappa shape index (κ1) is 16.7.